The Kier molecular flexibility index (Phi) is 3.12. The summed E-state index contributed by atoms with van der Waals surface area (Å²) >= 11 is 0. The van der Waals surface area contributed by atoms with Gasteiger partial charge in [-0.1, -0.05) is 0 Å². The third-order valence-electron chi connectivity index (χ3n) is 3.23. The number of nitrogens with zero attached hydrogens (tertiary/aromatic N) is 4. The number of ether oxygens (including phenoxy) is 1. The number of aromatic nitrogens is 4. The van der Waals surface area contributed by atoms with Gasteiger partial charge in [-0.15, -0.1) is 5.10 Å². The maximum absolute atomic E-state index is 13.2. The van der Waals surface area contributed by atoms with Gasteiger partial charge in [0.05, 0.1) is 18.3 Å². The number of tetrazole rings is 1. The van der Waals surface area contributed by atoms with Gasteiger partial charge in [0.2, 0.25) is 0 Å². The normalized spacial score (nSPS) is 19.5. The summed E-state index contributed by atoms with van der Waals surface area (Å²) in [7, 11) is 0. The summed E-state index contributed by atoms with van der Waals surface area (Å²) in [5.74, 6) is 0.144. The Morgan fingerprint density at radius 2 is 2.32 bits per heavy atom. The standard InChI is InChI=1S/C12H14FN5O/c13-10-4-3-8(6-11(10)14)12-15-16-17-18(12)9-2-1-5-19-7-9/h3-4,6,9H,1-2,5,7,14H2. The van der Waals surface area contributed by atoms with Gasteiger partial charge in [0.1, 0.15) is 5.82 Å². The summed E-state index contributed by atoms with van der Waals surface area (Å²) in [6.07, 6.45) is 1.95. The van der Waals surface area contributed by atoms with Crippen LogP contribution in [-0.2, 0) is 4.74 Å². The first-order valence-corrected chi connectivity index (χ1v) is 6.16. The highest BCUT2D eigenvalue weighted by Crippen LogP contribution is 2.26. The lowest BCUT2D eigenvalue weighted by Crippen LogP contribution is -2.23. The molecule has 1 saturated heterocycles. The minimum absolute atomic E-state index is 0.0898. The molecule has 2 heterocycles. The lowest BCUT2D eigenvalue weighted by molar-refractivity contribution is 0.0548. The van der Waals surface area contributed by atoms with Gasteiger partial charge in [0, 0.05) is 12.2 Å². The Hall–Kier alpha value is -2.02. The van der Waals surface area contributed by atoms with E-state index in [1.165, 1.54) is 6.07 Å². The van der Waals surface area contributed by atoms with Crippen molar-refractivity contribution in [2.75, 3.05) is 18.9 Å². The zero-order valence-electron chi connectivity index (χ0n) is 10.3. The summed E-state index contributed by atoms with van der Waals surface area (Å²) in [5, 5.41) is 11.7. The summed E-state index contributed by atoms with van der Waals surface area (Å²) in [5.41, 5.74) is 6.37. The second-order valence-electron chi connectivity index (χ2n) is 4.55. The van der Waals surface area contributed by atoms with E-state index in [4.69, 9.17) is 10.5 Å². The van der Waals surface area contributed by atoms with Gasteiger partial charge in [0.25, 0.3) is 0 Å². The van der Waals surface area contributed by atoms with Crippen molar-refractivity contribution in [3.63, 3.8) is 0 Å². The van der Waals surface area contributed by atoms with Crippen LogP contribution in [0.25, 0.3) is 11.4 Å². The van der Waals surface area contributed by atoms with Crippen LogP contribution in [0.4, 0.5) is 10.1 Å². The molecule has 0 bridgehead atoms. The smallest absolute Gasteiger partial charge is 0.182 e. The highest BCUT2D eigenvalue weighted by molar-refractivity contribution is 5.61. The van der Waals surface area contributed by atoms with Crippen LogP contribution in [0.15, 0.2) is 18.2 Å². The van der Waals surface area contributed by atoms with Gasteiger partial charge < -0.3 is 10.5 Å². The Balaban J connectivity index is 1.96. The fraction of sp³-hybridized carbons (Fsp3) is 0.417. The van der Waals surface area contributed by atoms with Gasteiger partial charge in [-0.2, -0.15) is 0 Å². The largest absolute Gasteiger partial charge is 0.396 e. The van der Waals surface area contributed by atoms with Gasteiger partial charge in [-0.3, -0.25) is 0 Å². The monoisotopic (exact) mass is 263 g/mol. The molecule has 0 aliphatic carbocycles. The highest BCUT2D eigenvalue weighted by atomic mass is 19.1. The van der Waals surface area contributed by atoms with Crippen molar-refractivity contribution in [1.82, 2.24) is 20.2 Å². The van der Waals surface area contributed by atoms with E-state index >= 15 is 0 Å². The fourth-order valence-corrected chi connectivity index (χ4v) is 2.23. The molecule has 19 heavy (non-hydrogen) atoms. The Morgan fingerprint density at radius 1 is 1.42 bits per heavy atom. The quantitative estimate of drug-likeness (QED) is 0.829. The van der Waals surface area contributed by atoms with Crippen molar-refractivity contribution in [2.24, 2.45) is 0 Å². The molecule has 7 heteroatoms. The van der Waals surface area contributed by atoms with E-state index in [0.717, 1.165) is 19.4 Å². The van der Waals surface area contributed by atoms with Crippen molar-refractivity contribution in [3.05, 3.63) is 24.0 Å². The lowest BCUT2D eigenvalue weighted by atomic mass is 10.1. The predicted molar refractivity (Wildman–Crippen MR) is 66.7 cm³/mol. The fourth-order valence-electron chi connectivity index (χ4n) is 2.23. The van der Waals surface area contributed by atoms with Crippen LogP contribution in [0.2, 0.25) is 0 Å². The highest BCUT2D eigenvalue weighted by Gasteiger charge is 2.21. The van der Waals surface area contributed by atoms with Crippen LogP contribution in [-0.4, -0.2) is 33.4 Å². The molecule has 1 aliphatic heterocycles. The molecule has 0 spiro atoms. The van der Waals surface area contributed by atoms with Crippen LogP contribution in [0.1, 0.15) is 18.9 Å². The summed E-state index contributed by atoms with van der Waals surface area (Å²) in [6.45, 7) is 1.37. The molecule has 2 aromatic rings. The first kappa shape index (κ1) is 12.0. The van der Waals surface area contributed by atoms with Crippen LogP contribution in [0.3, 0.4) is 0 Å². The third kappa shape index (κ3) is 2.28. The maximum Gasteiger partial charge on any atom is 0.182 e. The first-order chi connectivity index (χ1) is 9.25. The average Bonchev–Trinajstić information content (AvgIpc) is 2.92. The Labute approximate surface area is 109 Å². The topological polar surface area (TPSA) is 78.9 Å². The van der Waals surface area contributed by atoms with Crippen molar-refractivity contribution < 1.29 is 9.13 Å². The van der Waals surface area contributed by atoms with E-state index < -0.39 is 5.82 Å². The van der Waals surface area contributed by atoms with Gasteiger partial charge in [-0.25, -0.2) is 9.07 Å². The molecule has 1 fully saturated rings. The molecular formula is C12H14FN5O. The van der Waals surface area contributed by atoms with Gasteiger partial charge in [-0.05, 0) is 41.5 Å². The van der Waals surface area contributed by atoms with E-state index in [9.17, 15) is 4.39 Å². The van der Waals surface area contributed by atoms with Crippen molar-refractivity contribution >= 4 is 5.69 Å². The molecule has 0 saturated carbocycles. The first-order valence-electron chi connectivity index (χ1n) is 6.16. The second-order valence-corrected chi connectivity index (χ2v) is 4.55. The molecule has 0 radical (unpaired) electrons. The molecule has 1 aromatic carbocycles. The molecule has 1 aliphatic rings. The number of nitrogen functional groups attached to an aromatic ring is 1. The summed E-state index contributed by atoms with van der Waals surface area (Å²) in [6, 6.07) is 4.60. The molecule has 1 unspecified atom stereocenters. The van der Waals surface area contributed by atoms with E-state index in [0.29, 0.717) is 18.0 Å². The predicted octanol–water partition coefficient (Wildman–Crippen LogP) is 1.41. The molecular weight excluding hydrogens is 249 g/mol. The summed E-state index contributed by atoms with van der Waals surface area (Å²) < 4.78 is 20.4. The second kappa shape index (κ2) is 4.93. The zero-order valence-corrected chi connectivity index (χ0v) is 10.3. The maximum atomic E-state index is 13.2. The Bertz CT molecular complexity index is 579. The SMILES string of the molecule is Nc1cc(-c2nnnn2C2CCCOC2)ccc1F. The van der Waals surface area contributed by atoms with Crippen LogP contribution >= 0.6 is 0 Å². The van der Waals surface area contributed by atoms with Crippen LogP contribution < -0.4 is 5.73 Å². The lowest BCUT2D eigenvalue weighted by Gasteiger charge is -2.22. The number of benzene rings is 1. The van der Waals surface area contributed by atoms with Crippen molar-refractivity contribution in [1.29, 1.82) is 0 Å². The van der Waals surface area contributed by atoms with Crippen LogP contribution in [0.5, 0.6) is 0 Å². The number of hydrogen-bond donors (Lipinski definition) is 1. The zero-order chi connectivity index (χ0) is 13.2. The average molecular weight is 263 g/mol. The van der Waals surface area contributed by atoms with Crippen molar-refractivity contribution in [2.45, 2.75) is 18.9 Å². The molecule has 1 atom stereocenters. The van der Waals surface area contributed by atoms with Crippen LogP contribution in [0, 0.1) is 5.82 Å². The van der Waals surface area contributed by atoms with E-state index in [1.54, 1.807) is 16.8 Å². The number of nitrogens with two attached hydrogens (primary N) is 1. The molecule has 3 rings (SSSR count). The number of anilines is 1. The van der Waals surface area contributed by atoms with E-state index in [-0.39, 0.29) is 11.7 Å². The molecule has 1 aromatic heterocycles. The molecule has 0 amide bonds. The minimum Gasteiger partial charge on any atom is -0.396 e. The van der Waals surface area contributed by atoms with E-state index in [1.807, 2.05) is 0 Å². The third-order valence-corrected chi connectivity index (χ3v) is 3.23. The molecule has 100 valence electrons. The van der Waals surface area contributed by atoms with E-state index in [2.05, 4.69) is 15.5 Å². The number of rotatable bonds is 2. The van der Waals surface area contributed by atoms with Crippen molar-refractivity contribution in [3.8, 4) is 11.4 Å². The van der Waals surface area contributed by atoms with Gasteiger partial charge >= 0.3 is 0 Å². The molecule has 2 N–H and O–H groups in total. The Morgan fingerprint density at radius 3 is 3.05 bits per heavy atom. The molecule has 6 nitrogen and oxygen atoms in total. The minimum atomic E-state index is -0.441. The number of hydrogen-bond acceptors (Lipinski definition) is 5. The number of halogens is 1. The van der Waals surface area contributed by atoms with Gasteiger partial charge in [0.15, 0.2) is 5.82 Å². The summed E-state index contributed by atoms with van der Waals surface area (Å²) in [4.78, 5) is 0.